The lowest BCUT2D eigenvalue weighted by atomic mass is 10.1. The fourth-order valence-electron chi connectivity index (χ4n) is 3.11. The smallest absolute Gasteiger partial charge is 0.409 e. The van der Waals surface area contributed by atoms with Crippen LogP contribution in [0.2, 0.25) is 0 Å². The molecule has 2 atom stereocenters. The molecule has 0 bridgehead atoms. The van der Waals surface area contributed by atoms with E-state index in [2.05, 4.69) is 0 Å². The molecule has 1 fully saturated rings. The van der Waals surface area contributed by atoms with Gasteiger partial charge in [0.05, 0.1) is 11.5 Å². The Balaban J connectivity index is 2.15. The summed E-state index contributed by atoms with van der Waals surface area (Å²) in [5.41, 5.74) is -3.02. The SMILES string of the molecule is CC1(C)C(/C=C\C(F)(F)F)[C@H]1C(=O)OCc1c(F)c(F)c(CCO)c(F)c1F. The predicted molar refractivity (Wildman–Crippen MR) is 82.8 cm³/mol. The summed E-state index contributed by atoms with van der Waals surface area (Å²) < 4.78 is 97.2. The first-order valence-electron chi connectivity index (χ1n) is 8.20. The first-order chi connectivity index (χ1) is 12.8. The molecule has 0 radical (unpaired) electrons. The van der Waals surface area contributed by atoms with Crippen LogP contribution < -0.4 is 0 Å². The Hall–Kier alpha value is -2.10. The van der Waals surface area contributed by atoms with Crippen LogP contribution in [-0.4, -0.2) is 23.9 Å². The van der Waals surface area contributed by atoms with Gasteiger partial charge in [-0.25, -0.2) is 17.6 Å². The number of carbonyl (C=O) groups is 1. The van der Waals surface area contributed by atoms with Crippen LogP contribution in [-0.2, 0) is 22.6 Å². The fraction of sp³-hybridized carbons (Fsp3) is 0.500. The zero-order valence-corrected chi connectivity index (χ0v) is 14.8. The van der Waals surface area contributed by atoms with Gasteiger partial charge in [0.25, 0.3) is 0 Å². The van der Waals surface area contributed by atoms with E-state index in [9.17, 15) is 35.5 Å². The average molecular weight is 414 g/mol. The van der Waals surface area contributed by atoms with Crippen molar-refractivity contribution in [3.63, 3.8) is 0 Å². The zero-order valence-electron chi connectivity index (χ0n) is 14.8. The number of allylic oxidation sites excluding steroid dienone is 2. The molecule has 1 unspecified atom stereocenters. The Labute approximate surface area is 155 Å². The Bertz CT molecular complexity index is 770. The van der Waals surface area contributed by atoms with Gasteiger partial charge in [-0.2, -0.15) is 13.2 Å². The van der Waals surface area contributed by atoms with Crippen molar-refractivity contribution in [2.75, 3.05) is 6.61 Å². The van der Waals surface area contributed by atoms with E-state index in [1.807, 2.05) is 0 Å². The Morgan fingerprint density at radius 2 is 1.57 bits per heavy atom. The van der Waals surface area contributed by atoms with Gasteiger partial charge in [0.1, 0.15) is 6.61 Å². The number of aliphatic hydroxyl groups is 1. The topological polar surface area (TPSA) is 46.5 Å². The number of aliphatic hydroxyl groups excluding tert-OH is 1. The maximum absolute atomic E-state index is 14.0. The maximum Gasteiger partial charge on any atom is 0.409 e. The third kappa shape index (κ3) is 4.31. The van der Waals surface area contributed by atoms with E-state index in [-0.39, 0.29) is 6.08 Å². The molecule has 1 N–H and O–H groups in total. The second-order valence-corrected chi connectivity index (χ2v) is 7.02. The lowest BCUT2D eigenvalue weighted by molar-refractivity contribution is -0.147. The number of benzene rings is 1. The number of halogens is 7. The monoisotopic (exact) mass is 414 g/mol. The van der Waals surface area contributed by atoms with Crippen LogP contribution in [0.15, 0.2) is 12.2 Å². The second-order valence-electron chi connectivity index (χ2n) is 7.02. The number of hydrogen-bond acceptors (Lipinski definition) is 3. The van der Waals surface area contributed by atoms with Crippen molar-refractivity contribution < 1.29 is 45.4 Å². The summed E-state index contributed by atoms with van der Waals surface area (Å²) in [6.45, 7) is 1.14. The molecule has 0 saturated heterocycles. The normalized spacial score (nSPS) is 21.2. The molecular formula is C18H17F7O3. The van der Waals surface area contributed by atoms with Crippen molar-refractivity contribution >= 4 is 5.97 Å². The molecule has 156 valence electrons. The Kier molecular flexibility index (Phi) is 6.13. The zero-order chi connectivity index (χ0) is 21.4. The highest BCUT2D eigenvalue weighted by molar-refractivity contribution is 5.78. The van der Waals surface area contributed by atoms with E-state index in [0.717, 1.165) is 6.08 Å². The second kappa shape index (κ2) is 7.73. The summed E-state index contributed by atoms with van der Waals surface area (Å²) >= 11 is 0. The molecule has 1 saturated carbocycles. The molecule has 3 nitrogen and oxygen atoms in total. The van der Waals surface area contributed by atoms with Crippen LogP contribution in [0, 0.1) is 40.5 Å². The number of hydrogen-bond donors (Lipinski definition) is 1. The lowest BCUT2D eigenvalue weighted by Gasteiger charge is -2.12. The highest BCUT2D eigenvalue weighted by Crippen LogP contribution is 2.59. The molecule has 28 heavy (non-hydrogen) atoms. The average Bonchev–Trinajstić information content (AvgIpc) is 3.15. The van der Waals surface area contributed by atoms with Crippen molar-refractivity contribution in [3.05, 3.63) is 46.5 Å². The number of carbonyl (C=O) groups excluding carboxylic acids is 1. The van der Waals surface area contributed by atoms with Gasteiger partial charge in [0.2, 0.25) is 0 Å². The first kappa shape index (κ1) is 22.2. The van der Waals surface area contributed by atoms with Gasteiger partial charge in [0, 0.05) is 24.7 Å². The Morgan fingerprint density at radius 1 is 1.07 bits per heavy atom. The van der Waals surface area contributed by atoms with Crippen molar-refractivity contribution in [1.29, 1.82) is 0 Å². The van der Waals surface area contributed by atoms with Gasteiger partial charge in [-0.1, -0.05) is 19.9 Å². The molecule has 0 aromatic heterocycles. The number of esters is 1. The molecule has 0 heterocycles. The third-order valence-corrected chi connectivity index (χ3v) is 4.82. The van der Waals surface area contributed by atoms with Crippen molar-refractivity contribution in [3.8, 4) is 0 Å². The largest absolute Gasteiger partial charge is 0.460 e. The van der Waals surface area contributed by atoms with E-state index in [0.29, 0.717) is 0 Å². The highest BCUT2D eigenvalue weighted by Gasteiger charge is 2.61. The minimum absolute atomic E-state index is 0.0172. The Morgan fingerprint density at radius 3 is 2.04 bits per heavy atom. The number of rotatable bonds is 6. The summed E-state index contributed by atoms with van der Waals surface area (Å²) in [7, 11) is 0. The van der Waals surface area contributed by atoms with E-state index in [1.54, 1.807) is 0 Å². The van der Waals surface area contributed by atoms with E-state index >= 15 is 0 Å². The minimum Gasteiger partial charge on any atom is -0.460 e. The van der Waals surface area contributed by atoms with Crippen LogP contribution in [0.5, 0.6) is 0 Å². The van der Waals surface area contributed by atoms with Crippen LogP contribution in [0.3, 0.4) is 0 Å². The standard InChI is InChI=1S/C18H17F7O3/c1-17(2)10(3-5-18(23,24)25)11(17)16(27)28-7-9-14(21)12(19)8(4-6-26)13(20)15(9)22/h3,5,10-11,26H,4,6-7H2,1-2H3/b5-3-/t10?,11-/m0/s1. The van der Waals surface area contributed by atoms with Gasteiger partial charge in [0.15, 0.2) is 23.3 Å². The molecule has 0 amide bonds. The van der Waals surface area contributed by atoms with Gasteiger partial charge in [-0.3, -0.25) is 4.79 Å². The summed E-state index contributed by atoms with van der Waals surface area (Å²) in [6, 6.07) is 0. The van der Waals surface area contributed by atoms with Crippen LogP contribution >= 0.6 is 0 Å². The van der Waals surface area contributed by atoms with Crippen molar-refractivity contribution in [2.24, 2.45) is 17.3 Å². The molecule has 0 aliphatic heterocycles. The van der Waals surface area contributed by atoms with E-state index < -0.39 is 83.4 Å². The highest BCUT2D eigenvalue weighted by atomic mass is 19.4. The van der Waals surface area contributed by atoms with Crippen LogP contribution in [0.25, 0.3) is 0 Å². The van der Waals surface area contributed by atoms with Gasteiger partial charge < -0.3 is 9.84 Å². The van der Waals surface area contributed by atoms with Crippen LogP contribution in [0.1, 0.15) is 25.0 Å². The summed E-state index contributed by atoms with van der Waals surface area (Å²) in [5.74, 6) is -9.80. The van der Waals surface area contributed by atoms with Gasteiger partial charge in [-0.15, -0.1) is 0 Å². The maximum atomic E-state index is 14.0. The summed E-state index contributed by atoms with van der Waals surface area (Å²) in [4.78, 5) is 12.1. The minimum atomic E-state index is -4.56. The molecule has 1 aromatic carbocycles. The molecule has 1 aliphatic carbocycles. The van der Waals surface area contributed by atoms with Gasteiger partial charge in [-0.05, 0) is 11.3 Å². The van der Waals surface area contributed by atoms with Gasteiger partial charge >= 0.3 is 12.1 Å². The summed E-state index contributed by atoms with van der Waals surface area (Å²) in [6.07, 6.45) is -4.44. The fourth-order valence-corrected chi connectivity index (χ4v) is 3.11. The van der Waals surface area contributed by atoms with Crippen molar-refractivity contribution in [1.82, 2.24) is 0 Å². The van der Waals surface area contributed by atoms with Crippen molar-refractivity contribution in [2.45, 2.75) is 33.1 Å². The quantitative estimate of drug-likeness (QED) is 0.328. The number of ether oxygens (including phenoxy) is 1. The lowest BCUT2D eigenvalue weighted by Crippen LogP contribution is -2.15. The first-order valence-corrected chi connectivity index (χ1v) is 8.20. The van der Waals surface area contributed by atoms with E-state index in [1.165, 1.54) is 13.8 Å². The third-order valence-electron chi connectivity index (χ3n) is 4.82. The molecule has 0 spiro atoms. The molecule has 1 aromatic rings. The molecular weight excluding hydrogens is 397 g/mol. The predicted octanol–water partition coefficient (Wildman–Crippen LogP) is 4.21. The molecule has 10 heteroatoms. The molecule has 1 aliphatic rings. The van der Waals surface area contributed by atoms with E-state index in [4.69, 9.17) is 9.84 Å². The number of alkyl halides is 3. The van der Waals surface area contributed by atoms with Crippen LogP contribution in [0.4, 0.5) is 30.7 Å². The molecule has 2 rings (SSSR count). The summed E-state index contributed by atoms with van der Waals surface area (Å²) in [5, 5.41) is 8.71.